The molecule has 5 heteroatoms. The van der Waals surface area contributed by atoms with Gasteiger partial charge in [0.25, 0.3) is 0 Å². The third-order valence-corrected chi connectivity index (χ3v) is 2.66. The Kier molecular flexibility index (Phi) is 4.24. The highest BCUT2D eigenvalue weighted by Gasteiger charge is 2.02. The highest BCUT2D eigenvalue weighted by molar-refractivity contribution is 7.99. The Morgan fingerprint density at radius 1 is 1.62 bits per heavy atom. The molecule has 0 radical (unpaired) electrons. The molecule has 0 bridgehead atoms. The van der Waals surface area contributed by atoms with Crippen LogP contribution in [0.15, 0.2) is 4.52 Å². The minimum Gasteiger partial charge on any atom is -0.340 e. The van der Waals surface area contributed by atoms with Crippen LogP contribution < -0.4 is 5.32 Å². The molecule has 0 fully saturated rings. The largest absolute Gasteiger partial charge is 0.340 e. The first-order valence-electron chi connectivity index (χ1n) is 4.25. The fourth-order valence-electron chi connectivity index (χ4n) is 0.884. The summed E-state index contributed by atoms with van der Waals surface area (Å²) in [7, 11) is 0. The van der Waals surface area contributed by atoms with E-state index in [9.17, 15) is 0 Å². The van der Waals surface area contributed by atoms with Gasteiger partial charge in [-0.3, -0.25) is 0 Å². The molecule has 1 aromatic rings. The summed E-state index contributed by atoms with van der Waals surface area (Å²) in [4.78, 5) is 4.09. The van der Waals surface area contributed by atoms with Crippen molar-refractivity contribution in [1.29, 1.82) is 0 Å². The van der Waals surface area contributed by atoms with Gasteiger partial charge in [-0.25, -0.2) is 0 Å². The first-order chi connectivity index (χ1) is 6.22. The molecule has 1 aromatic heterocycles. The first kappa shape index (κ1) is 10.5. The lowest BCUT2D eigenvalue weighted by Crippen LogP contribution is -2.22. The molecule has 0 spiro atoms. The zero-order chi connectivity index (χ0) is 9.68. The number of nitrogens with zero attached hydrogens (tertiary/aromatic N) is 2. The molecule has 1 rings (SSSR count). The number of aryl methyl sites for hydroxylation is 1. The van der Waals surface area contributed by atoms with E-state index in [1.54, 1.807) is 6.92 Å². The maximum Gasteiger partial charge on any atom is 0.223 e. The van der Waals surface area contributed by atoms with Crippen LogP contribution in [0.5, 0.6) is 0 Å². The number of thioether (sulfide) groups is 1. The fourth-order valence-corrected chi connectivity index (χ4v) is 1.17. The van der Waals surface area contributed by atoms with E-state index in [1.165, 1.54) is 0 Å². The van der Waals surface area contributed by atoms with Gasteiger partial charge in [0.2, 0.25) is 5.89 Å². The first-order valence-corrected chi connectivity index (χ1v) is 5.54. The van der Waals surface area contributed by atoms with Crippen molar-refractivity contribution in [2.75, 3.05) is 12.8 Å². The number of hydrogen-bond acceptors (Lipinski definition) is 5. The summed E-state index contributed by atoms with van der Waals surface area (Å²) in [5, 5.41) is 7.66. The average Bonchev–Trinajstić information content (AvgIpc) is 2.51. The zero-order valence-electron chi connectivity index (χ0n) is 8.20. The molecule has 0 saturated carbocycles. The van der Waals surface area contributed by atoms with Gasteiger partial charge in [-0.2, -0.15) is 16.7 Å². The molecule has 0 aromatic carbocycles. The Labute approximate surface area is 82.5 Å². The highest BCUT2D eigenvalue weighted by atomic mass is 32.2. The average molecular weight is 201 g/mol. The Hall–Kier alpha value is -0.550. The van der Waals surface area contributed by atoms with Gasteiger partial charge in [-0.05, 0) is 6.26 Å². The standard InChI is InChI=1S/C8H15N3OS/c1-6(13-3)4-9-5-8-10-7(2)12-11-8/h6,9H,4-5H2,1-3H3. The van der Waals surface area contributed by atoms with E-state index in [2.05, 4.69) is 28.6 Å². The summed E-state index contributed by atoms with van der Waals surface area (Å²) < 4.78 is 4.84. The Morgan fingerprint density at radius 3 is 2.92 bits per heavy atom. The summed E-state index contributed by atoms with van der Waals surface area (Å²) >= 11 is 1.84. The van der Waals surface area contributed by atoms with E-state index in [4.69, 9.17) is 4.52 Å². The molecule has 1 N–H and O–H groups in total. The van der Waals surface area contributed by atoms with Gasteiger partial charge in [0, 0.05) is 18.7 Å². The summed E-state index contributed by atoms with van der Waals surface area (Å²) in [5.41, 5.74) is 0. The maximum atomic E-state index is 4.84. The van der Waals surface area contributed by atoms with Crippen LogP contribution >= 0.6 is 11.8 Å². The maximum absolute atomic E-state index is 4.84. The third kappa shape index (κ3) is 3.78. The molecule has 0 aliphatic heterocycles. The van der Waals surface area contributed by atoms with Gasteiger partial charge in [-0.1, -0.05) is 12.1 Å². The molecule has 0 saturated heterocycles. The summed E-state index contributed by atoms with van der Waals surface area (Å²) in [5.74, 6) is 1.35. The summed E-state index contributed by atoms with van der Waals surface area (Å²) in [6.07, 6.45) is 2.10. The number of rotatable bonds is 5. The van der Waals surface area contributed by atoms with E-state index in [-0.39, 0.29) is 0 Å². The summed E-state index contributed by atoms with van der Waals surface area (Å²) in [6.45, 7) is 5.62. The second-order valence-electron chi connectivity index (χ2n) is 2.91. The van der Waals surface area contributed by atoms with Crippen molar-refractivity contribution >= 4 is 11.8 Å². The van der Waals surface area contributed by atoms with E-state index in [1.807, 2.05) is 11.8 Å². The highest BCUT2D eigenvalue weighted by Crippen LogP contribution is 2.02. The minimum absolute atomic E-state index is 0.619. The van der Waals surface area contributed by atoms with Gasteiger partial charge >= 0.3 is 0 Å². The van der Waals surface area contributed by atoms with Crippen molar-refractivity contribution in [2.45, 2.75) is 25.6 Å². The molecule has 1 heterocycles. The van der Waals surface area contributed by atoms with E-state index in [0.29, 0.717) is 17.7 Å². The topological polar surface area (TPSA) is 51.0 Å². The van der Waals surface area contributed by atoms with Gasteiger partial charge in [-0.15, -0.1) is 0 Å². The van der Waals surface area contributed by atoms with Crippen molar-refractivity contribution in [1.82, 2.24) is 15.5 Å². The second kappa shape index (κ2) is 5.24. The van der Waals surface area contributed by atoms with E-state index >= 15 is 0 Å². The predicted molar refractivity (Wildman–Crippen MR) is 53.7 cm³/mol. The Morgan fingerprint density at radius 2 is 2.38 bits per heavy atom. The Bertz CT molecular complexity index is 251. The van der Waals surface area contributed by atoms with Gasteiger partial charge < -0.3 is 9.84 Å². The van der Waals surface area contributed by atoms with Crippen molar-refractivity contribution in [3.63, 3.8) is 0 Å². The van der Waals surface area contributed by atoms with Crippen molar-refractivity contribution in [3.05, 3.63) is 11.7 Å². The van der Waals surface area contributed by atoms with E-state index < -0.39 is 0 Å². The number of nitrogens with one attached hydrogen (secondary N) is 1. The van der Waals surface area contributed by atoms with Crippen LogP contribution in [0.25, 0.3) is 0 Å². The Balaban J connectivity index is 2.20. The van der Waals surface area contributed by atoms with Crippen LogP contribution in [-0.2, 0) is 6.54 Å². The van der Waals surface area contributed by atoms with Crippen LogP contribution in [0.4, 0.5) is 0 Å². The third-order valence-electron chi connectivity index (χ3n) is 1.69. The van der Waals surface area contributed by atoms with Crippen molar-refractivity contribution < 1.29 is 4.52 Å². The molecular formula is C8H15N3OS. The van der Waals surface area contributed by atoms with Gasteiger partial charge in [0.05, 0.1) is 6.54 Å². The smallest absolute Gasteiger partial charge is 0.223 e. The van der Waals surface area contributed by atoms with Gasteiger partial charge in [0.15, 0.2) is 5.82 Å². The zero-order valence-corrected chi connectivity index (χ0v) is 9.02. The molecule has 13 heavy (non-hydrogen) atoms. The van der Waals surface area contributed by atoms with Crippen molar-refractivity contribution in [2.24, 2.45) is 0 Å². The SMILES string of the molecule is CSC(C)CNCc1noc(C)n1. The minimum atomic E-state index is 0.619. The normalized spacial score (nSPS) is 13.2. The fraction of sp³-hybridized carbons (Fsp3) is 0.750. The molecule has 74 valence electrons. The van der Waals surface area contributed by atoms with Crippen LogP contribution in [0.3, 0.4) is 0 Å². The lowest BCUT2D eigenvalue weighted by atomic mass is 10.4. The molecule has 0 aliphatic rings. The molecule has 4 nitrogen and oxygen atoms in total. The molecule has 1 unspecified atom stereocenters. The van der Waals surface area contributed by atoms with Crippen LogP contribution in [0.1, 0.15) is 18.6 Å². The number of hydrogen-bond donors (Lipinski definition) is 1. The van der Waals surface area contributed by atoms with Crippen LogP contribution in [0, 0.1) is 6.92 Å². The molecule has 0 amide bonds. The number of aromatic nitrogens is 2. The van der Waals surface area contributed by atoms with E-state index in [0.717, 1.165) is 12.4 Å². The monoisotopic (exact) mass is 201 g/mol. The molecule has 0 aliphatic carbocycles. The predicted octanol–water partition coefficient (Wildman–Crippen LogP) is 1.22. The summed E-state index contributed by atoms with van der Waals surface area (Å²) in [6, 6.07) is 0. The van der Waals surface area contributed by atoms with Gasteiger partial charge in [0.1, 0.15) is 0 Å². The van der Waals surface area contributed by atoms with Crippen LogP contribution in [-0.4, -0.2) is 28.2 Å². The molecular weight excluding hydrogens is 186 g/mol. The van der Waals surface area contributed by atoms with Crippen molar-refractivity contribution in [3.8, 4) is 0 Å². The molecule has 1 atom stereocenters. The quantitative estimate of drug-likeness (QED) is 0.776. The van der Waals surface area contributed by atoms with Crippen LogP contribution in [0.2, 0.25) is 0 Å². The lowest BCUT2D eigenvalue weighted by Gasteiger charge is -2.07. The second-order valence-corrected chi connectivity index (χ2v) is 4.18. The lowest BCUT2D eigenvalue weighted by molar-refractivity contribution is 0.385.